The zero-order chi connectivity index (χ0) is 26.5. The third kappa shape index (κ3) is 8.07. The van der Waals surface area contributed by atoms with Gasteiger partial charge in [0, 0.05) is 13.1 Å². The predicted octanol–water partition coefficient (Wildman–Crippen LogP) is 7.84. The van der Waals surface area contributed by atoms with E-state index in [4.69, 9.17) is 11.6 Å². The Balaban J connectivity index is 1.93. The monoisotopic (exact) mass is 521 g/mol. The molecular weight excluding hydrogens is 494 g/mol. The van der Waals surface area contributed by atoms with E-state index in [0.29, 0.717) is 35.7 Å². The molecule has 0 amide bonds. The van der Waals surface area contributed by atoms with Crippen molar-refractivity contribution < 1.29 is 27.5 Å². The first-order valence-corrected chi connectivity index (χ1v) is 12.0. The lowest BCUT2D eigenvalue weighted by atomic mass is 9.97. The normalized spacial score (nSPS) is 11.9. The molecule has 36 heavy (non-hydrogen) atoms. The number of aliphatic carboxylic acids is 1. The van der Waals surface area contributed by atoms with Crippen LogP contribution in [0.1, 0.15) is 42.5 Å². The van der Waals surface area contributed by atoms with Gasteiger partial charge in [0.05, 0.1) is 17.0 Å². The molecule has 3 aromatic rings. The number of benzene rings is 3. The van der Waals surface area contributed by atoms with Crippen molar-refractivity contribution in [3.05, 3.63) is 93.8 Å². The quantitative estimate of drug-likeness (QED) is 0.276. The fraction of sp³-hybridized carbons (Fsp3) is 0.321. The van der Waals surface area contributed by atoms with Crippen molar-refractivity contribution in [3.8, 4) is 11.1 Å². The van der Waals surface area contributed by atoms with Crippen LogP contribution in [0.3, 0.4) is 0 Å². The van der Waals surface area contributed by atoms with Crippen molar-refractivity contribution in [3.63, 3.8) is 0 Å². The van der Waals surface area contributed by atoms with Gasteiger partial charge in [0.15, 0.2) is 0 Å². The van der Waals surface area contributed by atoms with E-state index in [2.05, 4.69) is 18.7 Å². The third-order valence-corrected chi connectivity index (χ3v) is 6.08. The number of hydrogen-bond acceptors (Lipinski definition) is 2. The van der Waals surface area contributed by atoms with Gasteiger partial charge >= 0.3 is 12.1 Å². The van der Waals surface area contributed by atoms with E-state index in [1.54, 1.807) is 18.2 Å². The number of carbonyl (C=O) groups is 1. The molecule has 192 valence electrons. The van der Waals surface area contributed by atoms with Crippen LogP contribution in [0.2, 0.25) is 5.02 Å². The summed E-state index contributed by atoms with van der Waals surface area (Å²) < 4.78 is 53.0. The van der Waals surface area contributed by atoms with E-state index < -0.39 is 23.5 Å². The van der Waals surface area contributed by atoms with Crippen molar-refractivity contribution in [1.29, 1.82) is 0 Å². The summed E-state index contributed by atoms with van der Waals surface area (Å²) in [7, 11) is 0. The molecule has 0 aliphatic heterocycles. The smallest absolute Gasteiger partial charge is 0.416 e. The molecule has 0 bridgehead atoms. The number of carboxylic acid groups (broad SMARTS) is 1. The summed E-state index contributed by atoms with van der Waals surface area (Å²) in [5, 5.41) is 9.38. The third-order valence-electron chi connectivity index (χ3n) is 5.77. The van der Waals surface area contributed by atoms with Crippen LogP contribution in [-0.2, 0) is 30.5 Å². The maximum absolute atomic E-state index is 14.0. The Morgan fingerprint density at radius 2 is 1.56 bits per heavy atom. The first kappa shape index (κ1) is 27.7. The standard InChI is InChI=1S/C28H28ClF4NO2/c1-18(2)9-10-34(16-19-3-8-25(29)26(30)14-19)17-21-11-20(15-27(35)36)12-23(13-21)22-4-6-24(7-5-22)28(31,32)33/h3-8,11-14,18H,9-10,15-17H2,1-2H3,(H,35,36). The van der Waals surface area contributed by atoms with Gasteiger partial charge in [0.1, 0.15) is 5.82 Å². The largest absolute Gasteiger partial charge is 0.481 e. The SMILES string of the molecule is CC(C)CCN(Cc1cc(CC(=O)O)cc(-c2ccc(C(F)(F)F)cc2)c1)Cc1ccc(Cl)c(F)c1. The molecule has 3 rings (SSSR count). The molecule has 0 aromatic heterocycles. The topological polar surface area (TPSA) is 40.5 Å². The van der Waals surface area contributed by atoms with Gasteiger partial charge in [-0.05, 0) is 77.0 Å². The molecule has 1 N–H and O–H groups in total. The highest BCUT2D eigenvalue weighted by Crippen LogP contribution is 2.32. The van der Waals surface area contributed by atoms with E-state index in [1.807, 2.05) is 6.07 Å². The second-order valence-corrected chi connectivity index (χ2v) is 9.73. The first-order chi connectivity index (χ1) is 16.9. The van der Waals surface area contributed by atoms with E-state index in [9.17, 15) is 27.5 Å². The molecule has 0 aliphatic rings. The minimum atomic E-state index is -4.44. The summed E-state index contributed by atoms with van der Waals surface area (Å²) in [6.45, 7) is 5.85. The number of halogens is 5. The summed E-state index contributed by atoms with van der Waals surface area (Å²) >= 11 is 5.82. The minimum absolute atomic E-state index is 0.0510. The van der Waals surface area contributed by atoms with Gasteiger partial charge < -0.3 is 5.11 Å². The molecule has 0 saturated heterocycles. The number of alkyl halides is 3. The van der Waals surface area contributed by atoms with E-state index in [0.717, 1.165) is 36.2 Å². The Hall–Kier alpha value is -2.90. The Morgan fingerprint density at radius 1 is 0.917 bits per heavy atom. The lowest BCUT2D eigenvalue weighted by molar-refractivity contribution is -0.138. The van der Waals surface area contributed by atoms with Crippen molar-refractivity contribution in [2.24, 2.45) is 5.92 Å². The average molecular weight is 522 g/mol. The van der Waals surface area contributed by atoms with Crippen LogP contribution in [0.4, 0.5) is 17.6 Å². The zero-order valence-corrected chi connectivity index (χ0v) is 20.8. The number of hydrogen-bond donors (Lipinski definition) is 1. The minimum Gasteiger partial charge on any atom is -0.481 e. The van der Waals surface area contributed by atoms with Crippen LogP contribution >= 0.6 is 11.6 Å². The summed E-state index contributed by atoms with van der Waals surface area (Å²) in [6.07, 6.45) is -3.75. The van der Waals surface area contributed by atoms with Crippen molar-refractivity contribution in [1.82, 2.24) is 4.90 Å². The van der Waals surface area contributed by atoms with Crippen molar-refractivity contribution in [2.75, 3.05) is 6.54 Å². The Bertz CT molecular complexity index is 1190. The van der Waals surface area contributed by atoms with Gasteiger partial charge in [0.2, 0.25) is 0 Å². The summed E-state index contributed by atoms with van der Waals surface area (Å²) in [4.78, 5) is 13.5. The lowest BCUT2D eigenvalue weighted by Gasteiger charge is -2.24. The molecule has 0 radical (unpaired) electrons. The fourth-order valence-corrected chi connectivity index (χ4v) is 4.08. The van der Waals surface area contributed by atoms with Crippen LogP contribution in [0, 0.1) is 11.7 Å². The summed E-state index contributed by atoms with van der Waals surface area (Å²) in [5.74, 6) is -1.06. The van der Waals surface area contributed by atoms with Crippen LogP contribution in [0.5, 0.6) is 0 Å². The molecule has 0 atom stereocenters. The van der Waals surface area contributed by atoms with E-state index >= 15 is 0 Å². The molecule has 0 spiro atoms. The maximum atomic E-state index is 14.0. The molecule has 3 aromatic carbocycles. The van der Waals surface area contributed by atoms with Crippen LogP contribution < -0.4 is 0 Å². The lowest BCUT2D eigenvalue weighted by Crippen LogP contribution is -2.25. The molecule has 0 saturated carbocycles. The Kier molecular flexibility index (Phi) is 9.14. The molecule has 0 aliphatic carbocycles. The van der Waals surface area contributed by atoms with Gasteiger partial charge in [-0.3, -0.25) is 9.69 Å². The van der Waals surface area contributed by atoms with Gasteiger partial charge in [-0.25, -0.2) is 4.39 Å². The van der Waals surface area contributed by atoms with Gasteiger partial charge in [0.25, 0.3) is 0 Å². The molecule has 8 heteroatoms. The van der Waals surface area contributed by atoms with Gasteiger partial charge in [-0.15, -0.1) is 0 Å². The van der Waals surface area contributed by atoms with Gasteiger partial charge in [-0.1, -0.05) is 55.8 Å². The number of rotatable bonds is 10. The van der Waals surface area contributed by atoms with Gasteiger partial charge in [-0.2, -0.15) is 13.2 Å². The molecule has 0 fully saturated rings. The fourth-order valence-electron chi connectivity index (χ4n) is 3.96. The van der Waals surface area contributed by atoms with E-state index in [1.165, 1.54) is 24.3 Å². The van der Waals surface area contributed by atoms with Crippen LogP contribution in [0.15, 0.2) is 60.7 Å². The van der Waals surface area contributed by atoms with E-state index in [-0.39, 0.29) is 11.4 Å². The number of nitrogens with zero attached hydrogens (tertiary/aromatic N) is 1. The zero-order valence-electron chi connectivity index (χ0n) is 20.1. The number of carboxylic acids is 1. The highest BCUT2D eigenvalue weighted by atomic mass is 35.5. The molecule has 0 unspecified atom stereocenters. The second kappa shape index (κ2) is 11.9. The van der Waals surface area contributed by atoms with Crippen molar-refractivity contribution >= 4 is 17.6 Å². The Morgan fingerprint density at radius 3 is 2.14 bits per heavy atom. The predicted molar refractivity (Wildman–Crippen MR) is 133 cm³/mol. The molecule has 3 nitrogen and oxygen atoms in total. The molecular formula is C28H28ClF4NO2. The van der Waals surface area contributed by atoms with Crippen molar-refractivity contribution in [2.45, 2.75) is 46.0 Å². The molecule has 0 heterocycles. The summed E-state index contributed by atoms with van der Waals surface area (Å²) in [6, 6.07) is 14.8. The Labute approximate surface area is 213 Å². The maximum Gasteiger partial charge on any atom is 0.416 e. The van der Waals surface area contributed by atoms with Crippen LogP contribution in [0.25, 0.3) is 11.1 Å². The summed E-state index contributed by atoms with van der Waals surface area (Å²) in [5.41, 5.74) is 2.58. The highest BCUT2D eigenvalue weighted by Gasteiger charge is 2.30. The van der Waals surface area contributed by atoms with Crippen LogP contribution in [-0.4, -0.2) is 22.5 Å². The second-order valence-electron chi connectivity index (χ2n) is 9.33. The highest BCUT2D eigenvalue weighted by molar-refractivity contribution is 6.30. The average Bonchev–Trinajstić information content (AvgIpc) is 2.79. The first-order valence-electron chi connectivity index (χ1n) is 11.6.